The van der Waals surface area contributed by atoms with Crippen molar-refractivity contribution < 1.29 is 19.1 Å². The predicted molar refractivity (Wildman–Crippen MR) is 106 cm³/mol. The molecule has 3 amide bonds. The summed E-state index contributed by atoms with van der Waals surface area (Å²) >= 11 is 0. The normalized spacial score (nSPS) is 16.9. The molecule has 0 bridgehead atoms. The molecule has 0 aliphatic heterocycles. The van der Waals surface area contributed by atoms with Gasteiger partial charge in [-0.3, -0.25) is 14.4 Å². The maximum absolute atomic E-state index is 12.6. The van der Waals surface area contributed by atoms with Gasteiger partial charge in [0.25, 0.3) is 0 Å². The molecule has 2 aliphatic rings. The average molecular weight is 387 g/mol. The van der Waals surface area contributed by atoms with Crippen LogP contribution in [0.25, 0.3) is 0 Å². The maximum Gasteiger partial charge on any atom is 0.243 e. The number of benzene rings is 1. The zero-order chi connectivity index (χ0) is 19.9. The van der Waals surface area contributed by atoms with Gasteiger partial charge in [0.1, 0.15) is 5.75 Å². The first-order valence-corrected chi connectivity index (χ1v) is 10.1. The Labute approximate surface area is 165 Å². The molecule has 1 aromatic rings. The summed E-state index contributed by atoms with van der Waals surface area (Å²) in [4.78, 5) is 38.8. The van der Waals surface area contributed by atoms with E-state index >= 15 is 0 Å². The summed E-state index contributed by atoms with van der Waals surface area (Å²) < 4.78 is 5.08. The molecule has 0 saturated heterocycles. The molecule has 0 heterocycles. The van der Waals surface area contributed by atoms with E-state index in [1.807, 2.05) is 0 Å². The monoisotopic (exact) mass is 387 g/mol. The van der Waals surface area contributed by atoms with Crippen molar-refractivity contribution in [1.29, 1.82) is 0 Å². The molecule has 2 N–H and O–H groups in total. The van der Waals surface area contributed by atoms with Crippen LogP contribution in [-0.4, -0.2) is 48.9 Å². The predicted octanol–water partition coefficient (Wildman–Crippen LogP) is 2.32. The summed E-state index contributed by atoms with van der Waals surface area (Å²) in [5, 5.41) is 5.37. The number of amides is 3. The van der Waals surface area contributed by atoms with Crippen molar-refractivity contribution in [2.24, 2.45) is 5.92 Å². The fourth-order valence-electron chi connectivity index (χ4n) is 3.61. The number of hydrogen-bond acceptors (Lipinski definition) is 4. The van der Waals surface area contributed by atoms with Crippen molar-refractivity contribution in [3.63, 3.8) is 0 Å². The highest BCUT2D eigenvalue weighted by Crippen LogP contribution is 2.33. The Hall–Kier alpha value is -2.57. The number of nitrogens with one attached hydrogen (secondary N) is 2. The van der Waals surface area contributed by atoms with E-state index < -0.39 is 0 Å². The highest BCUT2D eigenvalue weighted by Gasteiger charge is 2.37. The second-order valence-corrected chi connectivity index (χ2v) is 7.59. The van der Waals surface area contributed by atoms with Crippen LogP contribution >= 0.6 is 0 Å². The van der Waals surface area contributed by atoms with Crippen LogP contribution in [0.2, 0.25) is 0 Å². The molecule has 28 heavy (non-hydrogen) atoms. The summed E-state index contributed by atoms with van der Waals surface area (Å²) in [6, 6.07) is 7.12. The first-order valence-electron chi connectivity index (χ1n) is 10.1. The standard InChI is InChI=1S/C21H29N3O4/c1-28-18-11-9-16(10-12-18)23-19(25)13-22-20(26)14-24(21(27)15-7-8-15)17-5-3-2-4-6-17/h9-12,15,17H,2-8,13-14H2,1H3,(H,22,26)(H,23,25). The van der Waals surface area contributed by atoms with E-state index in [1.165, 1.54) is 6.42 Å². The average Bonchev–Trinajstić information content (AvgIpc) is 3.56. The Bertz CT molecular complexity index is 694. The molecule has 2 saturated carbocycles. The fourth-order valence-corrected chi connectivity index (χ4v) is 3.61. The van der Waals surface area contributed by atoms with Crippen molar-refractivity contribution in [2.45, 2.75) is 51.0 Å². The fraction of sp³-hybridized carbons (Fsp3) is 0.571. The van der Waals surface area contributed by atoms with Crippen LogP contribution in [0.15, 0.2) is 24.3 Å². The summed E-state index contributed by atoms with van der Waals surface area (Å²) in [6.07, 6.45) is 7.17. The van der Waals surface area contributed by atoms with Crippen molar-refractivity contribution in [3.8, 4) is 5.75 Å². The van der Waals surface area contributed by atoms with E-state index in [9.17, 15) is 14.4 Å². The van der Waals surface area contributed by atoms with Crippen LogP contribution in [0.4, 0.5) is 5.69 Å². The van der Waals surface area contributed by atoms with Crippen LogP contribution in [0, 0.1) is 5.92 Å². The third-order valence-corrected chi connectivity index (χ3v) is 5.36. The largest absolute Gasteiger partial charge is 0.497 e. The van der Waals surface area contributed by atoms with E-state index in [-0.39, 0.29) is 42.8 Å². The molecule has 3 rings (SSSR count). The molecule has 0 radical (unpaired) electrons. The van der Waals surface area contributed by atoms with Crippen molar-refractivity contribution in [1.82, 2.24) is 10.2 Å². The summed E-state index contributed by atoms with van der Waals surface area (Å²) in [5.41, 5.74) is 0.632. The van der Waals surface area contributed by atoms with Gasteiger partial charge in [-0.15, -0.1) is 0 Å². The van der Waals surface area contributed by atoms with Gasteiger partial charge < -0.3 is 20.3 Å². The number of carbonyl (C=O) groups is 3. The molecular weight excluding hydrogens is 358 g/mol. The second-order valence-electron chi connectivity index (χ2n) is 7.59. The minimum absolute atomic E-state index is 0.0375. The van der Waals surface area contributed by atoms with E-state index in [0.717, 1.165) is 38.5 Å². The smallest absolute Gasteiger partial charge is 0.243 e. The van der Waals surface area contributed by atoms with Crippen LogP contribution in [0.1, 0.15) is 44.9 Å². The number of carbonyl (C=O) groups excluding carboxylic acids is 3. The zero-order valence-corrected chi connectivity index (χ0v) is 16.4. The van der Waals surface area contributed by atoms with Gasteiger partial charge in [-0.1, -0.05) is 19.3 Å². The lowest BCUT2D eigenvalue weighted by Gasteiger charge is -2.34. The molecule has 2 aliphatic carbocycles. The molecule has 2 fully saturated rings. The molecule has 7 nitrogen and oxygen atoms in total. The van der Waals surface area contributed by atoms with Gasteiger partial charge >= 0.3 is 0 Å². The van der Waals surface area contributed by atoms with Crippen molar-refractivity contribution in [2.75, 3.05) is 25.5 Å². The van der Waals surface area contributed by atoms with Crippen molar-refractivity contribution in [3.05, 3.63) is 24.3 Å². The molecule has 0 spiro atoms. The van der Waals surface area contributed by atoms with E-state index in [2.05, 4.69) is 10.6 Å². The van der Waals surface area contributed by atoms with Crippen LogP contribution in [0.5, 0.6) is 5.75 Å². The first kappa shape index (κ1) is 20.2. The first-order chi connectivity index (χ1) is 13.6. The molecule has 152 valence electrons. The number of rotatable bonds is 8. The lowest BCUT2D eigenvalue weighted by atomic mass is 9.94. The lowest BCUT2D eigenvalue weighted by Crippen LogP contribution is -2.48. The van der Waals surface area contributed by atoms with Crippen molar-refractivity contribution >= 4 is 23.4 Å². The van der Waals surface area contributed by atoms with Gasteiger partial charge in [0.2, 0.25) is 17.7 Å². The highest BCUT2D eigenvalue weighted by atomic mass is 16.5. The SMILES string of the molecule is COc1ccc(NC(=O)CNC(=O)CN(C(=O)C2CC2)C2CCCCC2)cc1. The molecule has 0 atom stereocenters. The van der Waals surface area contributed by atoms with Gasteiger partial charge in [-0.25, -0.2) is 0 Å². The van der Waals surface area contributed by atoms with E-state index in [4.69, 9.17) is 4.74 Å². The maximum atomic E-state index is 12.6. The molecule has 0 unspecified atom stereocenters. The minimum atomic E-state index is -0.309. The van der Waals surface area contributed by atoms with Gasteiger partial charge in [0.05, 0.1) is 20.2 Å². The number of anilines is 1. The number of nitrogens with zero attached hydrogens (tertiary/aromatic N) is 1. The minimum Gasteiger partial charge on any atom is -0.497 e. The van der Waals surface area contributed by atoms with Crippen LogP contribution < -0.4 is 15.4 Å². The Morgan fingerprint density at radius 3 is 2.29 bits per heavy atom. The Morgan fingerprint density at radius 2 is 1.68 bits per heavy atom. The van der Waals surface area contributed by atoms with Gasteiger partial charge in [-0.05, 0) is 49.9 Å². The molecule has 0 aromatic heterocycles. The van der Waals surface area contributed by atoms with Gasteiger partial charge in [-0.2, -0.15) is 0 Å². The topological polar surface area (TPSA) is 87.7 Å². The highest BCUT2D eigenvalue weighted by molar-refractivity contribution is 5.95. The third kappa shape index (κ3) is 5.71. The van der Waals surface area contributed by atoms with Crippen LogP contribution in [-0.2, 0) is 14.4 Å². The number of ether oxygens (including phenoxy) is 1. The summed E-state index contributed by atoms with van der Waals surface area (Å²) in [5.74, 6) is 0.299. The van der Waals surface area contributed by atoms with E-state index in [1.54, 1.807) is 36.3 Å². The Kier molecular flexibility index (Phi) is 6.90. The van der Waals surface area contributed by atoms with Gasteiger partial charge in [0.15, 0.2) is 0 Å². The Morgan fingerprint density at radius 1 is 1.00 bits per heavy atom. The molecule has 7 heteroatoms. The molecule has 1 aromatic carbocycles. The van der Waals surface area contributed by atoms with Gasteiger partial charge in [0, 0.05) is 17.6 Å². The van der Waals surface area contributed by atoms with Crippen LogP contribution in [0.3, 0.4) is 0 Å². The summed E-state index contributed by atoms with van der Waals surface area (Å²) in [6.45, 7) is -0.0865. The molecular formula is C21H29N3O4. The Balaban J connectivity index is 1.47. The lowest BCUT2D eigenvalue weighted by molar-refractivity contribution is -0.140. The van der Waals surface area contributed by atoms with E-state index in [0.29, 0.717) is 11.4 Å². The second kappa shape index (κ2) is 9.57. The zero-order valence-electron chi connectivity index (χ0n) is 16.4. The number of hydrogen-bond donors (Lipinski definition) is 2. The number of methoxy groups -OCH3 is 1. The summed E-state index contributed by atoms with van der Waals surface area (Å²) in [7, 11) is 1.58. The quantitative estimate of drug-likeness (QED) is 0.717. The third-order valence-electron chi connectivity index (χ3n) is 5.36.